The fourth-order valence-corrected chi connectivity index (χ4v) is 4.46. The second-order valence-electron chi connectivity index (χ2n) is 5.99. The number of alkyl halides is 3. The lowest BCUT2D eigenvalue weighted by Crippen LogP contribution is -2.22. The van der Waals surface area contributed by atoms with Crippen LogP contribution in [0.25, 0.3) is 0 Å². The van der Waals surface area contributed by atoms with Crippen molar-refractivity contribution in [3.8, 4) is 0 Å². The van der Waals surface area contributed by atoms with Crippen LogP contribution in [0.4, 0.5) is 18.9 Å². The SMILES string of the molecule is O=C(NCc1ccc(C(F)(F)F)cc1)c1ccc(NS(=O)(=O)c2cccs2)cc1. The van der Waals surface area contributed by atoms with Gasteiger partial charge in [-0.2, -0.15) is 13.2 Å². The summed E-state index contributed by atoms with van der Waals surface area (Å²) in [6.07, 6.45) is -4.41. The molecule has 0 aliphatic carbocycles. The summed E-state index contributed by atoms with van der Waals surface area (Å²) in [4.78, 5) is 12.2. The third-order valence-corrected chi connectivity index (χ3v) is 6.67. The predicted octanol–water partition coefficient (Wildman–Crippen LogP) is 4.50. The van der Waals surface area contributed by atoms with E-state index >= 15 is 0 Å². The van der Waals surface area contributed by atoms with Gasteiger partial charge in [0, 0.05) is 17.8 Å². The molecule has 0 unspecified atom stereocenters. The van der Waals surface area contributed by atoms with Crippen molar-refractivity contribution in [1.29, 1.82) is 0 Å². The van der Waals surface area contributed by atoms with E-state index in [0.29, 0.717) is 11.3 Å². The summed E-state index contributed by atoms with van der Waals surface area (Å²) in [6, 6.07) is 13.4. The fraction of sp³-hybridized carbons (Fsp3) is 0.105. The molecule has 29 heavy (non-hydrogen) atoms. The van der Waals surface area contributed by atoms with Gasteiger partial charge in [-0.25, -0.2) is 8.42 Å². The Morgan fingerprint density at radius 2 is 1.62 bits per heavy atom. The topological polar surface area (TPSA) is 75.3 Å². The minimum atomic E-state index is -4.41. The number of rotatable bonds is 6. The van der Waals surface area contributed by atoms with Crippen molar-refractivity contribution in [2.24, 2.45) is 0 Å². The highest BCUT2D eigenvalue weighted by Crippen LogP contribution is 2.29. The third-order valence-electron chi connectivity index (χ3n) is 3.89. The number of hydrogen-bond donors (Lipinski definition) is 2. The highest BCUT2D eigenvalue weighted by atomic mass is 32.2. The number of nitrogens with one attached hydrogen (secondary N) is 2. The molecule has 152 valence electrons. The summed E-state index contributed by atoms with van der Waals surface area (Å²) in [5.74, 6) is -0.433. The second kappa shape index (κ2) is 8.26. The summed E-state index contributed by atoms with van der Waals surface area (Å²) in [7, 11) is -3.68. The lowest BCUT2D eigenvalue weighted by molar-refractivity contribution is -0.137. The fourth-order valence-electron chi connectivity index (χ4n) is 2.41. The van der Waals surface area contributed by atoms with Gasteiger partial charge in [0.1, 0.15) is 4.21 Å². The minimum Gasteiger partial charge on any atom is -0.348 e. The summed E-state index contributed by atoms with van der Waals surface area (Å²) in [5, 5.41) is 4.26. The Labute approximate surface area is 169 Å². The van der Waals surface area contributed by atoms with Crippen LogP contribution in [0.5, 0.6) is 0 Å². The van der Waals surface area contributed by atoms with Crippen molar-refractivity contribution in [2.45, 2.75) is 16.9 Å². The smallest absolute Gasteiger partial charge is 0.348 e. The van der Waals surface area contributed by atoms with Gasteiger partial charge in [-0.15, -0.1) is 11.3 Å². The van der Waals surface area contributed by atoms with E-state index in [1.807, 2.05) is 0 Å². The number of anilines is 1. The van der Waals surface area contributed by atoms with Crippen LogP contribution in [0.15, 0.2) is 70.3 Å². The normalized spacial score (nSPS) is 11.8. The van der Waals surface area contributed by atoms with Crippen molar-refractivity contribution in [3.63, 3.8) is 0 Å². The Balaban J connectivity index is 1.59. The summed E-state index contributed by atoms with van der Waals surface area (Å²) in [5.41, 5.74) is 0.355. The van der Waals surface area contributed by atoms with E-state index in [4.69, 9.17) is 0 Å². The van der Waals surface area contributed by atoms with Gasteiger partial charge >= 0.3 is 6.18 Å². The summed E-state index contributed by atoms with van der Waals surface area (Å²) < 4.78 is 64.6. The number of thiophene rings is 1. The van der Waals surface area contributed by atoms with Gasteiger partial charge in [0.15, 0.2) is 0 Å². The minimum absolute atomic E-state index is 0.0593. The molecule has 0 radical (unpaired) electrons. The first-order chi connectivity index (χ1) is 13.6. The van der Waals surface area contributed by atoms with Gasteiger partial charge in [-0.05, 0) is 53.4 Å². The Morgan fingerprint density at radius 1 is 0.966 bits per heavy atom. The molecule has 0 atom stereocenters. The number of hydrogen-bond acceptors (Lipinski definition) is 4. The predicted molar refractivity (Wildman–Crippen MR) is 104 cm³/mol. The molecule has 2 N–H and O–H groups in total. The maximum atomic E-state index is 12.6. The molecule has 3 rings (SSSR count). The number of sulfonamides is 1. The molecular weight excluding hydrogens is 425 g/mol. The first kappa shape index (κ1) is 20.9. The van der Waals surface area contributed by atoms with Crippen LogP contribution in [-0.4, -0.2) is 14.3 Å². The van der Waals surface area contributed by atoms with Crippen LogP contribution in [-0.2, 0) is 22.7 Å². The quantitative estimate of drug-likeness (QED) is 0.593. The molecular formula is C19H15F3N2O3S2. The Morgan fingerprint density at radius 3 is 2.17 bits per heavy atom. The highest BCUT2D eigenvalue weighted by Gasteiger charge is 2.29. The van der Waals surface area contributed by atoms with E-state index in [-0.39, 0.29) is 16.3 Å². The molecule has 10 heteroatoms. The van der Waals surface area contributed by atoms with Gasteiger partial charge in [-0.1, -0.05) is 18.2 Å². The van der Waals surface area contributed by atoms with Gasteiger partial charge in [-0.3, -0.25) is 9.52 Å². The van der Waals surface area contributed by atoms with E-state index in [1.165, 1.54) is 42.5 Å². The zero-order valence-corrected chi connectivity index (χ0v) is 16.4. The number of halogens is 3. The average Bonchev–Trinajstić information content (AvgIpc) is 3.22. The number of benzene rings is 2. The van der Waals surface area contributed by atoms with Crippen molar-refractivity contribution in [3.05, 3.63) is 82.7 Å². The van der Waals surface area contributed by atoms with Crippen molar-refractivity contribution < 1.29 is 26.4 Å². The molecule has 5 nitrogen and oxygen atoms in total. The van der Waals surface area contributed by atoms with E-state index < -0.39 is 27.7 Å². The molecule has 0 aliphatic heterocycles. The van der Waals surface area contributed by atoms with Gasteiger partial charge in [0.25, 0.3) is 15.9 Å². The molecule has 0 saturated carbocycles. The molecule has 2 aromatic carbocycles. The monoisotopic (exact) mass is 440 g/mol. The molecule has 1 amide bonds. The van der Waals surface area contributed by atoms with Gasteiger partial charge in [0.05, 0.1) is 5.56 Å². The number of carbonyl (C=O) groups excluding carboxylic acids is 1. The standard InChI is InChI=1S/C19H15F3N2O3S2/c20-19(21,22)15-7-3-13(4-8-15)12-23-18(25)14-5-9-16(10-6-14)24-29(26,27)17-2-1-11-28-17/h1-11,24H,12H2,(H,23,25). The molecule has 0 saturated heterocycles. The second-order valence-corrected chi connectivity index (χ2v) is 8.85. The number of carbonyl (C=O) groups is 1. The van der Waals surface area contributed by atoms with Crippen LogP contribution in [0.1, 0.15) is 21.5 Å². The van der Waals surface area contributed by atoms with Crippen molar-refractivity contribution in [1.82, 2.24) is 5.32 Å². The zero-order chi connectivity index (χ0) is 21.1. The summed E-state index contributed by atoms with van der Waals surface area (Å²) in [6.45, 7) is 0.0593. The molecule has 0 bridgehead atoms. The van der Waals surface area contributed by atoms with Crippen LogP contribution >= 0.6 is 11.3 Å². The van der Waals surface area contributed by atoms with Crippen molar-refractivity contribution in [2.75, 3.05) is 4.72 Å². The van der Waals surface area contributed by atoms with E-state index in [0.717, 1.165) is 23.5 Å². The average molecular weight is 440 g/mol. The molecule has 3 aromatic rings. The first-order valence-corrected chi connectivity index (χ1v) is 10.6. The first-order valence-electron chi connectivity index (χ1n) is 8.26. The van der Waals surface area contributed by atoms with Crippen LogP contribution < -0.4 is 10.0 Å². The Kier molecular flexibility index (Phi) is 5.94. The maximum absolute atomic E-state index is 12.6. The highest BCUT2D eigenvalue weighted by molar-refractivity contribution is 7.94. The maximum Gasteiger partial charge on any atom is 0.416 e. The Hall–Kier alpha value is -2.85. The molecule has 0 fully saturated rings. The van der Waals surface area contributed by atoms with Crippen LogP contribution in [0.2, 0.25) is 0 Å². The van der Waals surface area contributed by atoms with Gasteiger partial charge in [0.2, 0.25) is 0 Å². The van der Waals surface area contributed by atoms with Gasteiger partial charge < -0.3 is 5.32 Å². The van der Waals surface area contributed by atoms with E-state index in [1.54, 1.807) is 11.4 Å². The van der Waals surface area contributed by atoms with Crippen molar-refractivity contribution >= 4 is 33.0 Å². The molecule has 1 heterocycles. The number of amides is 1. The van der Waals surface area contributed by atoms with E-state index in [9.17, 15) is 26.4 Å². The lowest BCUT2D eigenvalue weighted by Gasteiger charge is -2.09. The van der Waals surface area contributed by atoms with Crippen LogP contribution in [0, 0.1) is 0 Å². The third kappa shape index (κ3) is 5.36. The lowest BCUT2D eigenvalue weighted by atomic mass is 10.1. The van der Waals surface area contributed by atoms with Crippen LogP contribution in [0.3, 0.4) is 0 Å². The molecule has 1 aromatic heterocycles. The zero-order valence-electron chi connectivity index (χ0n) is 14.7. The Bertz CT molecular complexity index is 1080. The molecule has 0 aliphatic rings. The molecule has 0 spiro atoms. The summed E-state index contributed by atoms with van der Waals surface area (Å²) >= 11 is 1.09. The van der Waals surface area contributed by atoms with E-state index in [2.05, 4.69) is 10.0 Å². The largest absolute Gasteiger partial charge is 0.416 e.